The first-order chi connectivity index (χ1) is 16.4. The third kappa shape index (κ3) is 4.34. The second-order valence-corrected chi connectivity index (χ2v) is 9.30. The fourth-order valence-corrected chi connectivity index (χ4v) is 4.97. The van der Waals surface area contributed by atoms with Crippen molar-refractivity contribution >= 4 is 27.3 Å². The molecular formula is C27H22FNO4S. The van der Waals surface area contributed by atoms with Gasteiger partial charge >= 0.3 is 0 Å². The number of carbonyl (C=O) groups is 1. The van der Waals surface area contributed by atoms with Gasteiger partial charge in [-0.3, -0.25) is 4.79 Å². The van der Waals surface area contributed by atoms with Crippen LogP contribution in [0.4, 0.5) is 4.39 Å². The molecule has 0 aliphatic carbocycles. The fraction of sp³-hybridized carbons (Fsp3) is 0.148. The Labute approximate surface area is 200 Å². The summed E-state index contributed by atoms with van der Waals surface area (Å²) >= 11 is 1.47. The minimum absolute atomic E-state index is 0.0446. The lowest BCUT2D eigenvalue weighted by molar-refractivity contribution is -0.135. The second-order valence-electron chi connectivity index (χ2n) is 8.25. The topological polar surface area (TPSA) is 59.0 Å². The molecule has 0 radical (unpaired) electrons. The Hall–Kier alpha value is -3.84. The highest BCUT2D eigenvalue weighted by molar-refractivity contribution is 7.22. The summed E-state index contributed by atoms with van der Waals surface area (Å²) in [5.41, 5.74) is 1.35. The van der Waals surface area contributed by atoms with E-state index < -0.39 is 0 Å². The first-order valence-corrected chi connectivity index (χ1v) is 11.6. The van der Waals surface area contributed by atoms with Crippen molar-refractivity contribution in [3.8, 4) is 33.4 Å². The molecule has 0 atom stereocenters. The molecule has 172 valence electrons. The Morgan fingerprint density at radius 2 is 1.74 bits per heavy atom. The first kappa shape index (κ1) is 22.0. The molecule has 7 heteroatoms. The number of amides is 1. The number of likely N-dealkylation sites (tertiary alicyclic amines) is 1. The molecule has 34 heavy (non-hydrogen) atoms. The number of hydrogen-bond acceptors (Lipinski definition) is 5. The van der Waals surface area contributed by atoms with E-state index in [-0.39, 0.29) is 23.6 Å². The molecule has 0 spiro atoms. The van der Waals surface area contributed by atoms with E-state index in [2.05, 4.69) is 6.58 Å². The summed E-state index contributed by atoms with van der Waals surface area (Å²) < 4.78 is 26.6. The highest BCUT2D eigenvalue weighted by Gasteiger charge is 2.32. The smallest absolute Gasteiger partial charge is 0.249 e. The van der Waals surface area contributed by atoms with Crippen LogP contribution in [0.1, 0.15) is 6.92 Å². The maximum absolute atomic E-state index is 13.5. The lowest BCUT2D eigenvalue weighted by atomic mass is 10.1. The predicted octanol–water partition coefficient (Wildman–Crippen LogP) is 6.37. The summed E-state index contributed by atoms with van der Waals surface area (Å²) in [6, 6.07) is 18.7. The largest absolute Gasteiger partial charge is 0.508 e. The van der Waals surface area contributed by atoms with Gasteiger partial charge in [0.05, 0.1) is 18.0 Å². The molecule has 0 unspecified atom stereocenters. The summed E-state index contributed by atoms with van der Waals surface area (Å²) in [7, 11) is 0. The molecule has 1 aliphatic rings. The van der Waals surface area contributed by atoms with Gasteiger partial charge in [0.2, 0.25) is 5.91 Å². The molecule has 1 saturated heterocycles. The Bertz CT molecular complexity index is 1370. The maximum Gasteiger partial charge on any atom is 0.249 e. The van der Waals surface area contributed by atoms with Crippen LogP contribution in [0.2, 0.25) is 0 Å². The molecule has 1 N–H and O–H groups in total. The van der Waals surface area contributed by atoms with Crippen molar-refractivity contribution in [3.63, 3.8) is 0 Å². The van der Waals surface area contributed by atoms with E-state index in [0.29, 0.717) is 35.9 Å². The lowest BCUT2D eigenvalue weighted by Gasteiger charge is -2.39. The zero-order valence-electron chi connectivity index (χ0n) is 18.5. The Morgan fingerprint density at radius 3 is 2.41 bits per heavy atom. The summed E-state index contributed by atoms with van der Waals surface area (Å²) in [6.07, 6.45) is -0.0476. The van der Waals surface area contributed by atoms with Gasteiger partial charge in [0.25, 0.3) is 0 Å². The molecule has 3 aromatic carbocycles. The number of halogens is 1. The van der Waals surface area contributed by atoms with Gasteiger partial charge in [-0.2, -0.15) is 0 Å². The molecular weight excluding hydrogens is 453 g/mol. The van der Waals surface area contributed by atoms with Crippen LogP contribution in [-0.2, 0) is 4.79 Å². The highest BCUT2D eigenvalue weighted by atomic mass is 32.1. The van der Waals surface area contributed by atoms with Crippen LogP contribution in [0.25, 0.3) is 20.5 Å². The van der Waals surface area contributed by atoms with Gasteiger partial charge in [0.15, 0.2) is 5.75 Å². The van der Waals surface area contributed by atoms with Crippen molar-refractivity contribution in [2.75, 3.05) is 13.1 Å². The van der Waals surface area contributed by atoms with Crippen LogP contribution in [0.5, 0.6) is 23.0 Å². The number of phenolic OH excluding ortho intramolecular Hbond substituents is 1. The number of phenols is 1. The van der Waals surface area contributed by atoms with Crippen LogP contribution in [-0.4, -0.2) is 35.1 Å². The van der Waals surface area contributed by atoms with Gasteiger partial charge in [-0.15, -0.1) is 11.3 Å². The first-order valence-electron chi connectivity index (χ1n) is 10.8. The van der Waals surface area contributed by atoms with Crippen LogP contribution in [0, 0.1) is 5.82 Å². The molecule has 0 bridgehead atoms. The molecule has 4 aromatic rings. The quantitative estimate of drug-likeness (QED) is 0.329. The number of carbonyl (C=O) groups excluding carboxylic acids is 1. The normalized spacial score (nSPS) is 13.5. The average molecular weight is 476 g/mol. The highest BCUT2D eigenvalue weighted by Crippen LogP contribution is 2.47. The van der Waals surface area contributed by atoms with Crippen molar-refractivity contribution in [1.29, 1.82) is 0 Å². The van der Waals surface area contributed by atoms with Gasteiger partial charge in [-0.25, -0.2) is 4.39 Å². The van der Waals surface area contributed by atoms with E-state index in [9.17, 15) is 14.3 Å². The van der Waals surface area contributed by atoms with Gasteiger partial charge in [-0.1, -0.05) is 18.7 Å². The van der Waals surface area contributed by atoms with Crippen LogP contribution >= 0.6 is 11.3 Å². The monoisotopic (exact) mass is 475 g/mol. The molecule has 2 heterocycles. The van der Waals surface area contributed by atoms with Crippen molar-refractivity contribution in [2.24, 2.45) is 0 Å². The molecule has 1 aliphatic heterocycles. The molecule has 1 aromatic heterocycles. The number of aromatic hydroxyl groups is 1. The van der Waals surface area contributed by atoms with Gasteiger partial charge < -0.3 is 19.5 Å². The second kappa shape index (κ2) is 8.83. The Balaban J connectivity index is 1.35. The fourth-order valence-electron chi connectivity index (χ4n) is 3.80. The number of hydrogen-bond donors (Lipinski definition) is 1. The third-order valence-corrected chi connectivity index (χ3v) is 6.76. The summed E-state index contributed by atoms with van der Waals surface area (Å²) in [5, 5.41) is 10.8. The zero-order chi connectivity index (χ0) is 23.8. The van der Waals surface area contributed by atoms with E-state index in [0.717, 1.165) is 20.5 Å². The molecule has 1 amide bonds. The molecule has 5 rings (SSSR count). The SMILES string of the molecule is C=C(C)C(=O)N1CC(Oc2ccc(Oc3c(-c4ccc(F)cc4)sc4cc(O)ccc34)cc2)C1. The summed E-state index contributed by atoms with van der Waals surface area (Å²) in [6.45, 7) is 6.47. The predicted molar refractivity (Wildman–Crippen MR) is 131 cm³/mol. The van der Waals surface area contributed by atoms with E-state index >= 15 is 0 Å². The molecule has 1 fully saturated rings. The Morgan fingerprint density at radius 1 is 1.06 bits per heavy atom. The number of thiophene rings is 1. The number of nitrogens with zero attached hydrogens (tertiary/aromatic N) is 1. The molecule has 5 nitrogen and oxygen atoms in total. The van der Waals surface area contributed by atoms with E-state index in [1.54, 1.807) is 36.1 Å². The Kier molecular flexibility index (Phi) is 5.71. The number of ether oxygens (including phenoxy) is 2. The van der Waals surface area contributed by atoms with Crippen molar-refractivity contribution < 1.29 is 23.8 Å². The minimum Gasteiger partial charge on any atom is -0.508 e. The van der Waals surface area contributed by atoms with E-state index in [1.165, 1.54) is 23.5 Å². The van der Waals surface area contributed by atoms with Gasteiger partial charge in [0.1, 0.15) is 29.2 Å². The molecule has 0 saturated carbocycles. The standard InChI is InChI=1S/C27H22FNO4S/c1-16(2)27(31)29-14-22(15-29)32-20-8-10-21(11-9-20)33-25-23-12-7-19(30)13-24(23)34-26(25)17-3-5-18(28)6-4-17/h3-13,22,30H,1,14-15H2,2H3. The number of rotatable bonds is 6. The van der Waals surface area contributed by atoms with E-state index in [4.69, 9.17) is 9.47 Å². The van der Waals surface area contributed by atoms with Crippen molar-refractivity contribution in [2.45, 2.75) is 13.0 Å². The average Bonchev–Trinajstić information content (AvgIpc) is 3.14. The summed E-state index contributed by atoms with van der Waals surface area (Å²) in [4.78, 5) is 14.5. The van der Waals surface area contributed by atoms with Crippen molar-refractivity contribution in [1.82, 2.24) is 4.90 Å². The van der Waals surface area contributed by atoms with Gasteiger partial charge in [0, 0.05) is 15.7 Å². The maximum atomic E-state index is 13.5. The zero-order valence-corrected chi connectivity index (χ0v) is 19.3. The van der Waals surface area contributed by atoms with Gasteiger partial charge in [-0.05, 0) is 67.1 Å². The summed E-state index contributed by atoms with van der Waals surface area (Å²) in [5.74, 6) is 1.78. The van der Waals surface area contributed by atoms with E-state index in [1.807, 2.05) is 30.3 Å². The third-order valence-electron chi connectivity index (χ3n) is 5.58. The van der Waals surface area contributed by atoms with Crippen LogP contribution in [0.15, 0.2) is 78.9 Å². The minimum atomic E-state index is -0.306. The number of fused-ring (bicyclic) bond motifs is 1. The number of benzene rings is 3. The van der Waals surface area contributed by atoms with Crippen molar-refractivity contribution in [3.05, 3.63) is 84.7 Å². The van der Waals surface area contributed by atoms with Crippen LogP contribution in [0.3, 0.4) is 0 Å². The van der Waals surface area contributed by atoms with Crippen LogP contribution < -0.4 is 9.47 Å². The lowest BCUT2D eigenvalue weighted by Crippen LogP contribution is -2.56.